The highest BCUT2D eigenvalue weighted by Crippen LogP contribution is 2.40. The molecule has 0 aliphatic carbocycles. The molecule has 0 aliphatic heterocycles. The number of para-hydroxylation sites is 1. The third-order valence-corrected chi connectivity index (χ3v) is 6.07. The molecule has 0 spiro atoms. The number of carbonyl (C=O) groups is 1. The second-order valence-electron chi connectivity index (χ2n) is 8.22. The molecule has 0 aliphatic rings. The average Bonchev–Trinajstić information content (AvgIpc) is 3.23. The Morgan fingerprint density at radius 3 is 2.19 bits per heavy atom. The Kier molecular flexibility index (Phi) is 7.28. The molecule has 0 saturated heterocycles. The van der Waals surface area contributed by atoms with Crippen LogP contribution in [-0.4, -0.2) is 49.1 Å². The van der Waals surface area contributed by atoms with Crippen LogP contribution in [0.25, 0.3) is 16.7 Å². The van der Waals surface area contributed by atoms with Crippen LogP contribution in [0, 0.1) is 13.8 Å². The summed E-state index contributed by atoms with van der Waals surface area (Å²) in [5.74, 6) is 1.71. The van der Waals surface area contributed by atoms with Crippen molar-refractivity contribution in [3.63, 3.8) is 0 Å². The largest absolute Gasteiger partial charge is 0.493 e. The molecule has 1 N–H and O–H groups in total. The van der Waals surface area contributed by atoms with E-state index in [0.717, 1.165) is 33.5 Å². The molecule has 1 amide bonds. The van der Waals surface area contributed by atoms with Crippen LogP contribution in [0.15, 0.2) is 42.5 Å². The quantitative estimate of drug-likeness (QED) is 0.365. The number of hydrogen-bond acceptors (Lipinski definition) is 7. The van der Waals surface area contributed by atoms with Crippen LogP contribution in [0.3, 0.4) is 0 Å². The number of ether oxygens (including phenoxy) is 4. The first kappa shape index (κ1) is 24.8. The van der Waals surface area contributed by atoms with Gasteiger partial charge in [0.25, 0.3) is 0 Å². The van der Waals surface area contributed by atoms with Crippen molar-refractivity contribution >= 4 is 22.6 Å². The zero-order chi connectivity index (χ0) is 25.8. The topological polar surface area (TPSA) is 96.7 Å². The molecule has 188 valence electrons. The molecule has 4 rings (SSSR count). The average molecular weight is 491 g/mol. The standard InChI is InChI=1S/C27H30N4O5/c1-16-20(12-13-23(32)28-18-14-21(33-3)25(35-5)22(15-18)34-4)27(36-6)29-26-24(16)17(2)30-31(26)19-10-8-7-9-11-19/h7-11,14-15H,12-13H2,1-6H3,(H,28,32). The highest BCUT2D eigenvalue weighted by Gasteiger charge is 2.21. The molecule has 0 fully saturated rings. The number of carbonyl (C=O) groups excluding carboxylic acids is 1. The van der Waals surface area contributed by atoms with Gasteiger partial charge >= 0.3 is 0 Å². The number of hydrogen-bond donors (Lipinski definition) is 1. The van der Waals surface area contributed by atoms with Gasteiger partial charge in [-0.25, -0.2) is 4.68 Å². The highest BCUT2D eigenvalue weighted by atomic mass is 16.5. The van der Waals surface area contributed by atoms with Crippen molar-refractivity contribution in [2.45, 2.75) is 26.7 Å². The lowest BCUT2D eigenvalue weighted by Gasteiger charge is -2.15. The van der Waals surface area contributed by atoms with E-state index in [4.69, 9.17) is 29.0 Å². The molecule has 2 aromatic carbocycles. The maximum atomic E-state index is 12.9. The number of aromatic nitrogens is 3. The van der Waals surface area contributed by atoms with E-state index in [1.54, 1.807) is 19.2 Å². The Balaban J connectivity index is 1.60. The van der Waals surface area contributed by atoms with Crippen molar-refractivity contribution in [2.24, 2.45) is 0 Å². The Hall–Kier alpha value is -4.27. The number of rotatable bonds is 9. The van der Waals surface area contributed by atoms with Crippen LogP contribution < -0.4 is 24.3 Å². The fourth-order valence-corrected chi connectivity index (χ4v) is 4.36. The zero-order valence-electron chi connectivity index (χ0n) is 21.3. The van der Waals surface area contributed by atoms with E-state index in [1.807, 2.05) is 48.9 Å². The van der Waals surface area contributed by atoms with Crippen molar-refractivity contribution in [3.05, 3.63) is 59.3 Å². The minimum absolute atomic E-state index is 0.164. The van der Waals surface area contributed by atoms with Gasteiger partial charge in [-0.05, 0) is 38.0 Å². The van der Waals surface area contributed by atoms with Gasteiger partial charge < -0.3 is 24.3 Å². The number of nitrogens with one attached hydrogen (secondary N) is 1. The first-order valence-electron chi connectivity index (χ1n) is 11.5. The maximum absolute atomic E-state index is 12.9. The number of fused-ring (bicyclic) bond motifs is 1. The minimum Gasteiger partial charge on any atom is -0.493 e. The molecule has 9 heteroatoms. The number of anilines is 1. The summed E-state index contributed by atoms with van der Waals surface area (Å²) in [6.07, 6.45) is 0.678. The van der Waals surface area contributed by atoms with Crippen LogP contribution in [0.4, 0.5) is 5.69 Å². The summed E-state index contributed by atoms with van der Waals surface area (Å²) < 4.78 is 23.6. The first-order valence-corrected chi connectivity index (χ1v) is 11.5. The second kappa shape index (κ2) is 10.6. The van der Waals surface area contributed by atoms with Gasteiger partial charge in [-0.15, -0.1) is 0 Å². The molecule has 4 aromatic rings. The summed E-state index contributed by atoms with van der Waals surface area (Å²) in [7, 11) is 6.18. The summed E-state index contributed by atoms with van der Waals surface area (Å²) >= 11 is 0. The predicted molar refractivity (Wildman–Crippen MR) is 138 cm³/mol. The lowest BCUT2D eigenvalue weighted by molar-refractivity contribution is -0.116. The van der Waals surface area contributed by atoms with Gasteiger partial charge in [-0.1, -0.05) is 18.2 Å². The van der Waals surface area contributed by atoms with E-state index >= 15 is 0 Å². The molecule has 0 atom stereocenters. The molecule has 0 radical (unpaired) electrons. The molecular formula is C27H30N4O5. The lowest BCUT2D eigenvalue weighted by atomic mass is 10.0. The Morgan fingerprint density at radius 1 is 0.944 bits per heavy atom. The SMILES string of the molecule is COc1cc(NC(=O)CCc2c(OC)nc3c(c(C)nn3-c3ccccc3)c2C)cc(OC)c1OC. The third-order valence-electron chi connectivity index (χ3n) is 6.07. The predicted octanol–water partition coefficient (Wildman–Crippen LogP) is 4.64. The van der Waals surface area contributed by atoms with Crippen LogP contribution in [-0.2, 0) is 11.2 Å². The number of nitrogens with zero attached hydrogens (tertiary/aromatic N) is 3. The van der Waals surface area contributed by atoms with Crippen LogP contribution in [0.2, 0.25) is 0 Å². The molecule has 2 heterocycles. The van der Waals surface area contributed by atoms with Gasteiger partial charge in [0.1, 0.15) is 0 Å². The fourth-order valence-electron chi connectivity index (χ4n) is 4.36. The van der Waals surface area contributed by atoms with Crippen LogP contribution in [0.5, 0.6) is 23.1 Å². The number of methoxy groups -OCH3 is 4. The first-order chi connectivity index (χ1) is 17.4. The van der Waals surface area contributed by atoms with E-state index in [9.17, 15) is 4.79 Å². The molecule has 2 aromatic heterocycles. The molecule has 0 bridgehead atoms. The normalized spacial score (nSPS) is 10.8. The number of amides is 1. The van der Waals surface area contributed by atoms with Gasteiger partial charge in [0, 0.05) is 35.2 Å². The number of pyridine rings is 1. The van der Waals surface area contributed by atoms with E-state index < -0.39 is 0 Å². The monoisotopic (exact) mass is 490 g/mol. The molecule has 9 nitrogen and oxygen atoms in total. The van der Waals surface area contributed by atoms with E-state index in [-0.39, 0.29) is 12.3 Å². The van der Waals surface area contributed by atoms with Crippen molar-refractivity contribution in [3.8, 4) is 28.8 Å². The summed E-state index contributed by atoms with van der Waals surface area (Å²) in [4.78, 5) is 17.6. The van der Waals surface area contributed by atoms with E-state index in [1.165, 1.54) is 21.3 Å². The summed E-state index contributed by atoms with van der Waals surface area (Å²) in [5.41, 5.74) is 4.93. The molecule has 0 saturated carbocycles. The van der Waals surface area contributed by atoms with Gasteiger partial charge in [0.05, 0.1) is 39.8 Å². The Morgan fingerprint density at radius 2 is 1.61 bits per heavy atom. The van der Waals surface area contributed by atoms with E-state index in [2.05, 4.69) is 5.32 Å². The highest BCUT2D eigenvalue weighted by molar-refractivity contribution is 5.92. The van der Waals surface area contributed by atoms with Crippen molar-refractivity contribution in [2.75, 3.05) is 33.8 Å². The van der Waals surface area contributed by atoms with Gasteiger partial charge in [0.15, 0.2) is 17.1 Å². The number of aryl methyl sites for hydroxylation is 2. The molecule has 36 heavy (non-hydrogen) atoms. The molecular weight excluding hydrogens is 460 g/mol. The Bertz CT molecular complexity index is 1370. The van der Waals surface area contributed by atoms with Gasteiger partial charge in [-0.3, -0.25) is 4.79 Å². The summed E-state index contributed by atoms with van der Waals surface area (Å²) in [6.45, 7) is 3.98. The van der Waals surface area contributed by atoms with Crippen molar-refractivity contribution in [1.82, 2.24) is 14.8 Å². The smallest absolute Gasteiger partial charge is 0.224 e. The van der Waals surface area contributed by atoms with Gasteiger partial charge in [0.2, 0.25) is 17.5 Å². The zero-order valence-corrected chi connectivity index (χ0v) is 21.3. The Labute approximate surface area is 210 Å². The van der Waals surface area contributed by atoms with E-state index in [0.29, 0.717) is 35.2 Å². The van der Waals surface area contributed by atoms with Gasteiger partial charge in [-0.2, -0.15) is 10.1 Å². The lowest BCUT2D eigenvalue weighted by Crippen LogP contribution is -2.14. The summed E-state index contributed by atoms with van der Waals surface area (Å²) in [6, 6.07) is 13.2. The van der Waals surface area contributed by atoms with Crippen molar-refractivity contribution < 1.29 is 23.7 Å². The second-order valence-corrected chi connectivity index (χ2v) is 8.22. The third kappa shape index (κ3) is 4.64. The van der Waals surface area contributed by atoms with Crippen molar-refractivity contribution in [1.29, 1.82) is 0 Å². The summed E-state index contributed by atoms with van der Waals surface area (Å²) in [5, 5.41) is 8.59. The maximum Gasteiger partial charge on any atom is 0.224 e. The minimum atomic E-state index is -0.164. The van der Waals surface area contributed by atoms with Crippen LogP contribution in [0.1, 0.15) is 23.2 Å². The van der Waals surface area contributed by atoms with Crippen LogP contribution >= 0.6 is 0 Å². The number of benzene rings is 2. The molecule has 0 unspecified atom stereocenters. The fraction of sp³-hybridized carbons (Fsp3) is 0.296.